The summed E-state index contributed by atoms with van der Waals surface area (Å²) in [5.74, 6) is -1.37. The number of halogens is 3. The summed E-state index contributed by atoms with van der Waals surface area (Å²) in [7, 11) is 0. The topological polar surface area (TPSA) is 81.4 Å². The Morgan fingerprint density at radius 3 is 2.18 bits per heavy atom. The fourth-order valence-corrected chi connectivity index (χ4v) is 3.12. The molecule has 0 bridgehead atoms. The maximum Gasteiger partial charge on any atom is 0.573 e. The van der Waals surface area contributed by atoms with E-state index in [9.17, 15) is 22.8 Å². The van der Waals surface area contributed by atoms with E-state index < -0.39 is 23.7 Å². The largest absolute Gasteiger partial charge is 0.573 e. The quantitative estimate of drug-likeness (QED) is 0.760. The molecule has 28 heavy (non-hydrogen) atoms. The lowest BCUT2D eigenvalue weighted by Crippen LogP contribution is -2.49. The molecule has 2 aromatic carbocycles. The molecule has 0 aliphatic heterocycles. The van der Waals surface area contributed by atoms with Crippen LogP contribution in [0.2, 0.25) is 0 Å². The van der Waals surface area contributed by atoms with Gasteiger partial charge in [0.05, 0.1) is 5.41 Å². The lowest BCUT2D eigenvalue weighted by molar-refractivity contribution is -0.274. The van der Waals surface area contributed by atoms with E-state index in [1.165, 1.54) is 24.3 Å². The molecule has 5 nitrogen and oxygen atoms in total. The number of nitrogens with one attached hydrogen (secondary N) is 1. The first-order valence-corrected chi connectivity index (χ1v) is 8.70. The van der Waals surface area contributed by atoms with Crippen molar-refractivity contribution in [3.8, 4) is 5.75 Å². The number of benzene rings is 2. The van der Waals surface area contributed by atoms with Crippen molar-refractivity contribution < 1.29 is 27.5 Å². The van der Waals surface area contributed by atoms with Crippen molar-refractivity contribution in [2.75, 3.05) is 0 Å². The van der Waals surface area contributed by atoms with Crippen molar-refractivity contribution in [1.82, 2.24) is 5.32 Å². The maximum absolute atomic E-state index is 12.8. The molecule has 0 unspecified atom stereocenters. The number of nitrogens with two attached hydrogens (primary N) is 1. The van der Waals surface area contributed by atoms with Crippen molar-refractivity contribution in [2.45, 2.75) is 37.1 Å². The summed E-state index contributed by atoms with van der Waals surface area (Å²) in [6.07, 6.45) is -3.44. The number of rotatable bonds is 7. The average Bonchev–Trinajstić information content (AvgIpc) is 3.43. The SMILES string of the molecule is NC(=O)[C@H](Cc1ccccc1)NC(=O)C1(c2ccc(OC(F)(F)F)cc2)CC1. The lowest BCUT2D eigenvalue weighted by atomic mass is 9.94. The van der Waals surface area contributed by atoms with Gasteiger partial charge in [0.25, 0.3) is 0 Å². The number of alkyl halides is 3. The van der Waals surface area contributed by atoms with Crippen LogP contribution in [-0.4, -0.2) is 24.2 Å². The maximum atomic E-state index is 12.8. The predicted molar refractivity (Wildman–Crippen MR) is 95.3 cm³/mol. The van der Waals surface area contributed by atoms with E-state index in [-0.39, 0.29) is 18.1 Å². The molecular formula is C20H19F3N2O3. The number of amides is 2. The molecule has 1 aliphatic carbocycles. The molecule has 2 aromatic rings. The van der Waals surface area contributed by atoms with Crippen molar-refractivity contribution in [3.05, 3.63) is 65.7 Å². The predicted octanol–water partition coefficient (Wildman–Crippen LogP) is 2.83. The normalized spacial score (nSPS) is 16.1. The average molecular weight is 392 g/mol. The minimum Gasteiger partial charge on any atom is -0.406 e. The summed E-state index contributed by atoms with van der Waals surface area (Å²) >= 11 is 0. The van der Waals surface area contributed by atoms with Crippen LogP contribution in [0.1, 0.15) is 24.0 Å². The third-order valence-corrected chi connectivity index (χ3v) is 4.76. The first kappa shape index (κ1) is 19.7. The van der Waals surface area contributed by atoms with Crippen LogP contribution in [0.5, 0.6) is 5.75 Å². The highest BCUT2D eigenvalue weighted by Crippen LogP contribution is 2.48. The molecule has 1 fully saturated rings. The zero-order chi connectivity index (χ0) is 20.4. The van der Waals surface area contributed by atoms with Crippen molar-refractivity contribution in [2.24, 2.45) is 5.73 Å². The second-order valence-electron chi connectivity index (χ2n) is 6.77. The molecule has 0 aromatic heterocycles. The van der Waals surface area contributed by atoms with Crippen LogP contribution in [0, 0.1) is 0 Å². The van der Waals surface area contributed by atoms with E-state index >= 15 is 0 Å². The number of hydrogen-bond donors (Lipinski definition) is 2. The lowest BCUT2D eigenvalue weighted by Gasteiger charge is -2.21. The Morgan fingerprint density at radius 2 is 1.68 bits per heavy atom. The van der Waals surface area contributed by atoms with Gasteiger partial charge < -0.3 is 15.8 Å². The molecule has 0 saturated heterocycles. The van der Waals surface area contributed by atoms with E-state index in [2.05, 4.69) is 10.1 Å². The van der Waals surface area contributed by atoms with Crippen molar-refractivity contribution >= 4 is 11.8 Å². The van der Waals surface area contributed by atoms with Gasteiger partial charge in [-0.15, -0.1) is 13.2 Å². The molecular weight excluding hydrogens is 373 g/mol. The van der Waals surface area contributed by atoms with Gasteiger partial charge >= 0.3 is 6.36 Å². The zero-order valence-electron chi connectivity index (χ0n) is 14.8. The highest BCUT2D eigenvalue weighted by molar-refractivity contribution is 5.95. The van der Waals surface area contributed by atoms with Crippen LogP contribution < -0.4 is 15.8 Å². The van der Waals surface area contributed by atoms with Gasteiger partial charge in [-0.05, 0) is 36.1 Å². The van der Waals surface area contributed by atoms with Gasteiger partial charge in [0, 0.05) is 6.42 Å². The molecule has 0 spiro atoms. The summed E-state index contributed by atoms with van der Waals surface area (Å²) in [6.45, 7) is 0. The summed E-state index contributed by atoms with van der Waals surface area (Å²) < 4.78 is 40.7. The van der Waals surface area contributed by atoms with Crippen LogP contribution >= 0.6 is 0 Å². The van der Waals surface area contributed by atoms with Gasteiger partial charge in [0.15, 0.2) is 0 Å². The summed E-state index contributed by atoms with van der Waals surface area (Å²) in [6, 6.07) is 13.5. The van der Waals surface area contributed by atoms with Crippen molar-refractivity contribution in [3.63, 3.8) is 0 Å². The van der Waals surface area contributed by atoms with Gasteiger partial charge in [0.2, 0.25) is 11.8 Å². The van der Waals surface area contributed by atoms with E-state index in [4.69, 9.17) is 5.73 Å². The van der Waals surface area contributed by atoms with Crippen LogP contribution in [0.4, 0.5) is 13.2 Å². The highest BCUT2D eigenvalue weighted by Gasteiger charge is 2.51. The molecule has 1 aliphatic rings. The molecule has 1 saturated carbocycles. The summed E-state index contributed by atoms with van der Waals surface area (Å²) in [5.41, 5.74) is 6.00. The Balaban J connectivity index is 1.71. The summed E-state index contributed by atoms with van der Waals surface area (Å²) in [4.78, 5) is 24.6. The molecule has 0 heterocycles. The molecule has 3 N–H and O–H groups in total. The van der Waals surface area contributed by atoms with Gasteiger partial charge in [-0.2, -0.15) is 0 Å². The molecule has 148 valence electrons. The van der Waals surface area contributed by atoms with Crippen LogP contribution in [0.15, 0.2) is 54.6 Å². The van der Waals surface area contributed by atoms with Gasteiger partial charge in [-0.25, -0.2) is 0 Å². The highest BCUT2D eigenvalue weighted by atomic mass is 19.4. The first-order valence-electron chi connectivity index (χ1n) is 8.70. The minimum absolute atomic E-state index is 0.260. The third kappa shape index (κ3) is 4.62. The van der Waals surface area contributed by atoms with E-state index in [1.807, 2.05) is 30.3 Å². The number of carbonyl (C=O) groups excluding carboxylic acids is 2. The fraction of sp³-hybridized carbons (Fsp3) is 0.300. The van der Waals surface area contributed by atoms with E-state index in [0.29, 0.717) is 18.4 Å². The molecule has 3 rings (SSSR count). The van der Waals surface area contributed by atoms with E-state index in [1.54, 1.807) is 0 Å². The number of ether oxygens (including phenoxy) is 1. The van der Waals surface area contributed by atoms with Gasteiger partial charge in [-0.3, -0.25) is 9.59 Å². The van der Waals surface area contributed by atoms with Crippen LogP contribution in [0.25, 0.3) is 0 Å². The smallest absolute Gasteiger partial charge is 0.406 e. The Bertz CT molecular complexity index is 847. The summed E-state index contributed by atoms with van der Waals surface area (Å²) in [5, 5.41) is 2.69. The first-order chi connectivity index (χ1) is 13.2. The Labute approximate surface area is 159 Å². The molecule has 8 heteroatoms. The third-order valence-electron chi connectivity index (χ3n) is 4.76. The zero-order valence-corrected chi connectivity index (χ0v) is 14.8. The fourth-order valence-electron chi connectivity index (χ4n) is 3.12. The Kier molecular flexibility index (Phi) is 5.31. The minimum atomic E-state index is -4.78. The molecule has 0 radical (unpaired) electrons. The Morgan fingerprint density at radius 1 is 1.07 bits per heavy atom. The monoisotopic (exact) mass is 392 g/mol. The van der Waals surface area contributed by atoms with Gasteiger partial charge in [0.1, 0.15) is 11.8 Å². The Hall–Kier alpha value is -3.03. The van der Waals surface area contributed by atoms with Gasteiger partial charge in [-0.1, -0.05) is 42.5 Å². The number of primary amides is 1. The van der Waals surface area contributed by atoms with E-state index in [0.717, 1.165) is 5.56 Å². The van der Waals surface area contributed by atoms with Crippen LogP contribution in [0.3, 0.4) is 0 Å². The number of hydrogen-bond acceptors (Lipinski definition) is 3. The van der Waals surface area contributed by atoms with Crippen molar-refractivity contribution in [1.29, 1.82) is 0 Å². The van der Waals surface area contributed by atoms with Crippen LogP contribution in [-0.2, 0) is 21.4 Å². The standard InChI is InChI=1S/C20H19F3N2O3/c21-20(22,23)28-15-8-6-14(7-9-15)19(10-11-19)18(27)25-16(17(24)26)12-13-4-2-1-3-5-13/h1-9,16H,10-12H2,(H2,24,26)(H,25,27)/t16-/m0/s1. The molecule has 2 amide bonds. The molecule has 1 atom stereocenters. The number of carbonyl (C=O) groups is 2. The second kappa shape index (κ2) is 7.53. The second-order valence-corrected chi connectivity index (χ2v) is 6.77.